The number of nitrogens with zero attached hydrogens (tertiary/aromatic N) is 3. The van der Waals surface area contributed by atoms with Crippen LogP contribution < -0.4 is 0 Å². The Morgan fingerprint density at radius 1 is 0.392 bits per heavy atom. The summed E-state index contributed by atoms with van der Waals surface area (Å²) in [5, 5.41) is 3.60. The number of aromatic nitrogens is 3. The van der Waals surface area contributed by atoms with Crippen molar-refractivity contribution in [3.63, 3.8) is 0 Å². The van der Waals surface area contributed by atoms with Crippen LogP contribution in [-0.2, 0) is 0 Å². The lowest BCUT2D eigenvalue weighted by Crippen LogP contribution is -2.01. The summed E-state index contributed by atoms with van der Waals surface area (Å²) in [5.41, 5.74) is 6.33. The molecule has 0 N–H and O–H groups in total. The molecule has 51 heavy (non-hydrogen) atoms. The first kappa shape index (κ1) is 22.7. The highest BCUT2D eigenvalue weighted by molar-refractivity contribution is 6.09. The largest absolute Gasteiger partial charge is 0.455 e. The van der Waals surface area contributed by atoms with Crippen molar-refractivity contribution in [2.24, 2.45) is 0 Å². The van der Waals surface area contributed by atoms with Crippen LogP contribution in [0.5, 0.6) is 0 Å². The van der Waals surface area contributed by atoms with Crippen LogP contribution in [0.1, 0.15) is 9.60 Å². The van der Waals surface area contributed by atoms with Crippen LogP contribution in [0.4, 0.5) is 0 Å². The predicted octanol–water partition coefficient (Wildman–Crippen LogP) is 12.4. The summed E-state index contributed by atoms with van der Waals surface area (Å²) in [6.45, 7) is 0. The Morgan fingerprint density at radius 2 is 1.08 bits per heavy atom. The molecule has 4 nitrogen and oxygen atoms in total. The van der Waals surface area contributed by atoms with E-state index in [9.17, 15) is 0 Å². The molecule has 0 amide bonds. The molecule has 0 aliphatic rings. The topological polar surface area (TPSA) is 51.8 Å². The Balaban J connectivity index is 1.26. The molecule has 0 unspecified atom stereocenters. The molecule has 0 fully saturated rings. The normalized spacial score (nSPS) is 13.5. The summed E-state index contributed by atoms with van der Waals surface area (Å²) in [5.74, 6) is 0.346. The Kier molecular flexibility index (Phi) is 5.29. The predicted molar refractivity (Wildman–Crippen MR) is 209 cm³/mol. The van der Waals surface area contributed by atoms with Crippen molar-refractivity contribution >= 4 is 43.5 Å². The molecule has 2 heterocycles. The molecule has 0 aliphatic carbocycles. The van der Waals surface area contributed by atoms with Crippen LogP contribution >= 0.6 is 0 Å². The highest BCUT2D eigenvalue weighted by Crippen LogP contribution is 2.38. The Morgan fingerprint density at radius 3 is 2.00 bits per heavy atom. The van der Waals surface area contributed by atoms with Gasteiger partial charge >= 0.3 is 0 Å². The van der Waals surface area contributed by atoms with E-state index in [4.69, 9.17) is 29.0 Å². The molecule has 0 spiro atoms. The van der Waals surface area contributed by atoms with Crippen LogP contribution in [0, 0.1) is 0 Å². The first-order chi connectivity index (χ1) is 28.2. The third-order valence-corrected chi connectivity index (χ3v) is 9.22. The number of benzene rings is 8. The van der Waals surface area contributed by atoms with Gasteiger partial charge in [0.05, 0.1) is 15.2 Å². The minimum atomic E-state index is -0.539. The molecule has 10 rings (SSSR count). The molecule has 4 heteroatoms. The van der Waals surface area contributed by atoms with E-state index in [1.165, 1.54) is 0 Å². The van der Waals surface area contributed by atoms with E-state index < -0.39 is 42.3 Å². The van der Waals surface area contributed by atoms with Crippen LogP contribution in [0.15, 0.2) is 180 Å². The standard InChI is InChI=1S/C47H29N3O/c1-2-13-30(14-3-1)35-28-32-16-5-7-21-37(32)42(29-35)33-18-10-19-34(27-33)45-48-46(40-24-11-17-31-15-4-6-20-36(31)40)50-47(49-45)41-25-12-23-39-38-22-8-9-26-43(38)51-44(39)41/h1-29H/i4D,6D,11D,15D,17D,20D,24D. The van der Waals surface area contributed by atoms with Gasteiger partial charge in [-0.3, -0.25) is 0 Å². The summed E-state index contributed by atoms with van der Waals surface area (Å²) in [6, 6.07) is 40.5. The maximum atomic E-state index is 9.14. The molecule has 10 aromatic rings. The van der Waals surface area contributed by atoms with E-state index in [1.807, 2.05) is 97.1 Å². The number of fused-ring (bicyclic) bond motifs is 5. The molecule has 0 radical (unpaired) electrons. The van der Waals surface area contributed by atoms with E-state index in [1.54, 1.807) is 0 Å². The first-order valence-electron chi connectivity index (χ1n) is 20.0. The lowest BCUT2D eigenvalue weighted by molar-refractivity contribution is 0.669. The van der Waals surface area contributed by atoms with E-state index in [-0.39, 0.29) is 33.8 Å². The van der Waals surface area contributed by atoms with Crippen LogP contribution in [0.25, 0.3) is 99.9 Å². The van der Waals surface area contributed by atoms with Gasteiger partial charge in [0.25, 0.3) is 0 Å². The van der Waals surface area contributed by atoms with Crippen LogP contribution in [0.2, 0.25) is 0 Å². The lowest BCUT2D eigenvalue weighted by Gasteiger charge is -2.13. The second-order valence-electron chi connectivity index (χ2n) is 12.3. The Labute approximate surface area is 304 Å². The van der Waals surface area contributed by atoms with Gasteiger partial charge in [-0.25, -0.2) is 15.0 Å². The minimum Gasteiger partial charge on any atom is -0.455 e. The fourth-order valence-corrected chi connectivity index (χ4v) is 6.81. The monoisotopic (exact) mass is 658 g/mol. The van der Waals surface area contributed by atoms with E-state index in [0.29, 0.717) is 22.3 Å². The molecule has 8 aromatic carbocycles. The molecule has 0 atom stereocenters. The Bertz CT molecular complexity index is 3320. The third-order valence-electron chi connectivity index (χ3n) is 9.22. The third kappa shape index (κ3) is 5.04. The van der Waals surface area contributed by atoms with Gasteiger partial charge in [-0.2, -0.15) is 0 Å². The fourth-order valence-electron chi connectivity index (χ4n) is 6.81. The quantitative estimate of drug-likeness (QED) is 0.185. The first-order valence-corrected chi connectivity index (χ1v) is 16.5. The van der Waals surface area contributed by atoms with E-state index >= 15 is 0 Å². The summed E-state index contributed by atoms with van der Waals surface area (Å²) in [4.78, 5) is 14.8. The summed E-state index contributed by atoms with van der Waals surface area (Å²) >= 11 is 0. The highest BCUT2D eigenvalue weighted by atomic mass is 16.3. The zero-order valence-corrected chi connectivity index (χ0v) is 27.0. The van der Waals surface area contributed by atoms with Crippen molar-refractivity contribution in [3.8, 4) is 56.4 Å². The SMILES string of the molecule is [2H]c1c([2H])c([2H])c2c(-c3nc(-c4cccc(-c5cc(-c6ccccc6)cc6ccccc56)c4)nc(-c4cccc5c4oc4ccccc45)n3)c([2H])c([2H])c([2H])c2c1[2H]. The van der Waals surface area contributed by atoms with Crippen molar-refractivity contribution < 1.29 is 14.0 Å². The summed E-state index contributed by atoms with van der Waals surface area (Å²) in [7, 11) is 0. The molecule has 238 valence electrons. The average molecular weight is 659 g/mol. The molecule has 0 saturated carbocycles. The molecule has 0 aliphatic heterocycles. The number of para-hydroxylation sites is 2. The lowest BCUT2D eigenvalue weighted by atomic mass is 9.92. The summed E-state index contributed by atoms with van der Waals surface area (Å²) in [6.07, 6.45) is 0. The maximum Gasteiger partial charge on any atom is 0.167 e. The molecule has 2 aromatic heterocycles. The molecule has 0 bridgehead atoms. The number of hydrogen-bond acceptors (Lipinski definition) is 4. The number of furan rings is 1. The van der Waals surface area contributed by atoms with Crippen LogP contribution in [-0.4, -0.2) is 15.0 Å². The van der Waals surface area contributed by atoms with Crippen molar-refractivity contribution in [1.29, 1.82) is 0 Å². The van der Waals surface area contributed by atoms with Gasteiger partial charge in [-0.1, -0.05) is 145 Å². The average Bonchev–Trinajstić information content (AvgIpc) is 3.65. The van der Waals surface area contributed by atoms with Crippen molar-refractivity contribution in [2.75, 3.05) is 0 Å². The zero-order chi connectivity index (χ0) is 39.8. The number of hydrogen-bond donors (Lipinski definition) is 0. The second kappa shape index (κ2) is 11.9. The molecular formula is C47H29N3O. The minimum absolute atomic E-state index is 0.0800. The molecule has 0 saturated heterocycles. The van der Waals surface area contributed by atoms with Gasteiger partial charge < -0.3 is 4.42 Å². The van der Waals surface area contributed by atoms with E-state index in [2.05, 4.69) is 36.4 Å². The van der Waals surface area contributed by atoms with Gasteiger partial charge in [-0.05, 0) is 74.1 Å². The highest BCUT2D eigenvalue weighted by Gasteiger charge is 2.19. The Hall–Kier alpha value is -6.91. The van der Waals surface area contributed by atoms with E-state index in [0.717, 1.165) is 43.8 Å². The van der Waals surface area contributed by atoms with Gasteiger partial charge in [-0.15, -0.1) is 0 Å². The van der Waals surface area contributed by atoms with Crippen molar-refractivity contribution in [3.05, 3.63) is 176 Å². The summed E-state index contributed by atoms with van der Waals surface area (Å²) < 4.78 is 67.5. The van der Waals surface area contributed by atoms with Gasteiger partial charge in [0.15, 0.2) is 17.5 Å². The zero-order valence-electron chi connectivity index (χ0n) is 34.0. The fraction of sp³-hybridized carbons (Fsp3) is 0. The van der Waals surface area contributed by atoms with Crippen molar-refractivity contribution in [2.45, 2.75) is 0 Å². The van der Waals surface area contributed by atoms with Crippen LogP contribution in [0.3, 0.4) is 0 Å². The maximum absolute atomic E-state index is 9.14. The van der Waals surface area contributed by atoms with Gasteiger partial charge in [0.1, 0.15) is 11.2 Å². The smallest absolute Gasteiger partial charge is 0.167 e. The van der Waals surface area contributed by atoms with Gasteiger partial charge in [0.2, 0.25) is 0 Å². The second-order valence-corrected chi connectivity index (χ2v) is 12.3. The van der Waals surface area contributed by atoms with Gasteiger partial charge in [0, 0.05) is 21.9 Å². The number of rotatable bonds is 5. The molecular weight excluding hydrogens is 623 g/mol. The van der Waals surface area contributed by atoms with Crippen molar-refractivity contribution in [1.82, 2.24) is 15.0 Å².